The van der Waals surface area contributed by atoms with Crippen LogP contribution in [0.15, 0.2) is 0 Å². The van der Waals surface area contributed by atoms with E-state index in [4.69, 9.17) is 44.0 Å². The van der Waals surface area contributed by atoms with Gasteiger partial charge in [0.25, 0.3) is 0 Å². The molecular formula is Al2O10Si2Sr3. The minimum absolute atomic E-state index is 0. The van der Waals surface area contributed by atoms with Crippen LogP contribution in [0.4, 0.5) is 0 Å². The van der Waals surface area contributed by atoms with E-state index in [-0.39, 0.29) is 136 Å². The minimum Gasteiger partial charge on any atom is 2.00 e. The molecule has 0 fully saturated rings. The van der Waals surface area contributed by atoms with Gasteiger partial charge in [0.15, 0.2) is 0 Å². The summed E-state index contributed by atoms with van der Waals surface area (Å²) >= 11 is -3.50. The minimum atomic E-state index is -3.63. The smallest absolute Gasteiger partial charge is 2.00 e. The fourth-order valence-electron chi connectivity index (χ4n) is 0. The van der Waals surface area contributed by atoms with Gasteiger partial charge in [-0.15, -0.1) is 0 Å². The van der Waals surface area contributed by atoms with Gasteiger partial charge in [-0.2, -0.15) is 0 Å². The molecule has 17 heteroatoms. The average molecular weight is 533 g/mol. The van der Waals surface area contributed by atoms with E-state index >= 15 is 0 Å². The zero-order chi connectivity index (χ0) is 12.6. The van der Waals surface area contributed by atoms with Crippen molar-refractivity contribution in [3.8, 4) is 0 Å². The Kier molecular flexibility index (Phi) is 126. The van der Waals surface area contributed by atoms with Crippen LogP contribution in [0.25, 0.3) is 0 Å². The Balaban J connectivity index is -0.0000000149. The maximum atomic E-state index is 8.52. The molecule has 0 aliphatic carbocycles. The summed E-state index contributed by atoms with van der Waals surface area (Å²) in [7, 11) is -7.26. The van der Waals surface area contributed by atoms with Gasteiger partial charge in [-0.1, -0.05) is 0 Å². The van der Waals surface area contributed by atoms with E-state index < -0.39 is 49.3 Å². The van der Waals surface area contributed by atoms with Gasteiger partial charge in [0.2, 0.25) is 0 Å². The zero-order valence-electron chi connectivity index (χ0n) is 8.36. The summed E-state index contributed by atoms with van der Waals surface area (Å²) in [5, 5.41) is 0. The van der Waals surface area contributed by atoms with Crippen molar-refractivity contribution in [2.45, 2.75) is 0 Å². The molecule has 0 spiro atoms. The van der Waals surface area contributed by atoms with Crippen molar-refractivity contribution < 1.29 is 44.0 Å². The maximum Gasteiger partial charge on any atom is 2.00 e. The van der Waals surface area contributed by atoms with Crippen molar-refractivity contribution >= 4 is 186 Å². The molecule has 0 aromatic heterocycles. The Morgan fingerprint density at radius 3 is 0.647 bits per heavy atom. The third-order valence-corrected chi connectivity index (χ3v) is 0. The SMILES string of the molecule is O=[Si]([O-])[O-].O=[Si]([O-])[O-].[O]=[Al][O-].[O]=[Al][O-].[Sr+2].[Sr+2].[Sr+2]. The number of hydrogen-bond donors (Lipinski definition) is 0. The molecule has 0 unspecified atom stereocenters. The van der Waals surface area contributed by atoms with Gasteiger partial charge in [-0.25, -0.2) is 0 Å². The van der Waals surface area contributed by atoms with Crippen molar-refractivity contribution in [1.29, 1.82) is 0 Å². The van der Waals surface area contributed by atoms with Crippen LogP contribution in [-0.4, -0.2) is 186 Å². The summed E-state index contributed by atoms with van der Waals surface area (Å²) in [6.45, 7) is 0. The fraction of sp³-hybridized carbons (Fsp3) is 0. The Morgan fingerprint density at radius 2 is 0.647 bits per heavy atom. The Bertz CT molecular complexity index is 140. The second kappa shape index (κ2) is 50.2. The summed E-state index contributed by atoms with van der Waals surface area (Å²) in [5.41, 5.74) is 0. The number of hydrogen-bond acceptors (Lipinski definition) is 10. The van der Waals surface area contributed by atoms with E-state index in [1.54, 1.807) is 0 Å². The molecule has 0 aliphatic rings. The molecule has 0 aromatic rings. The van der Waals surface area contributed by atoms with E-state index in [9.17, 15) is 0 Å². The maximum absolute atomic E-state index is 8.52. The van der Waals surface area contributed by atoms with Crippen LogP contribution >= 0.6 is 0 Å². The third kappa shape index (κ3) is 413. The standard InChI is InChI=1S/2Al.2O3Si.4O.3Sr/c;;2*1-4(2)3;;;;;;;/q;;2*-2;;;2*-1;3*+2. The van der Waals surface area contributed by atoms with E-state index in [0.29, 0.717) is 0 Å². The van der Waals surface area contributed by atoms with E-state index in [1.165, 1.54) is 0 Å². The molecule has 0 bridgehead atoms. The first-order chi connectivity index (χ1) is 6.29. The van der Waals surface area contributed by atoms with E-state index in [1.807, 2.05) is 0 Å². The summed E-state index contributed by atoms with van der Waals surface area (Å²) < 4.78 is 50.9. The average Bonchev–Trinajstić information content (AvgIpc) is 1.85. The van der Waals surface area contributed by atoms with Gasteiger partial charge in [-0.05, 0) is 0 Å². The van der Waals surface area contributed by atoms with Gasteiger partial charge >= 0.3 is 183 Å². The molecule has 80 valence electrons. The van der Waals surface area contributed by atoms with Crippen molar-refractivity contribution in [1.82, 2.24) is 0 Å². The fourth-order valence-corrected chi connectivity index (χ4v) is 0. The van der Waals surface area contributed by atoms with Gasteiger partial charge in [0.1, 0.15) is 0 Å². The van der Waals surface area contributed by atoms with Crippen molar-refractivity contribution in [3.05, 3.63) is 0 Å². The molecule has 0 radical (unpaired) electrons. The monoisotopic (exact) mass is 534 g/mol. The Hall–Kier alpha value is 3.94. The zero-order valence-corrected chi connectivity index (χ0v) is 23.1. The van der Waals surface area contributed by atoms with Crippen LogP contribution < -0.4 is 27.5 Å². The predicted octanol–water partition coefficient (Wildman–Crippen LogP) is -10.3. The summed E-state index contributed by atoms with van der Waals surface area (Å²) in [5.74, 6) is 0. The van der Waals surface area contributed by atoms with Crippen LogP contribution in [0, 0.1) is 0 Å². The van der Waals surface area contributed by atoms with Crippen LogP contribution in [-0.2, 0) is 16.5 Å². The second-order valence-electron chi connectivity index (χ2n) is 0.692. The molecule has 0 saturated heterocycles. The van der Waals surface area contributed by atoms with Crippen LogP contribution in [0.1, 0.15) is 0 Å². The normalized spacial score (nSPS) is 3.76. The van der Waals surface area contributed by atoms with Crippen molar-refractivity contribution in [2.24, 2.45) is 0 Å². The van der Waals surface area contributed by atoms with Crippen molar-refractivity contribution in [3.63, 3.8) is 0 Å². The molecule has 0 aromatic carbocycles. The molecule has 0 N–H and O–H groups in total. The topological polar surface area (TPSA) is 207 Å². The van der Waals surface area contributed by atoms with Crippen LogP contribution in [0.5, 0.6) is 0 Å². The molecule has 0 saturated carbocycles. The first-order valence-corrected chi connectivity index (χ1v) is 6.50. The van der Waals surface area contributed by atoms with Crippen LogP contribution in [0.3, 0.4) is 0 Å². The molecule has 17 heavy (non-hydrogen) atoms. The Morgan fingerprint density at radius 1 is 0.647 bits per heavy atom. The molecule has 10 nitrogen and oxygen atoms in total. The largest absolute Gasteiger partial charge is 2.00 e. The van der Waals surface area contributed by atoms with Gasteiger partial charge in [-0.3, -0.25) is 0 Å². The van der Waals surface area contributed by atoms with Crippen molar-refractivity contribution in [2.75, 3.05) is 0 Å². The summed E-state index contributed by atoms with van der Waals surface area (Å²) in [6.07, 6.45) is 0. The van der Waals surface area contributed by atoms with Crippen LogP contribution in [0.2, 0.25) is 0 Å². The predicted molar refractivity (Wildman–Crippen MR) is 43.0 cm³/mol. The van der Waals surface area contributed by atoms with E-state index in [2.05, 4.69) is 0 Å². The number of rotatable bonds is 0. The second-order valence-corrected chi connectivity index (χ2v) is 2.08. The molecule has 0 aliphatic heterocycles. The first-order valence-electron chi connectivity index (χ1n) is 2.17. The van der Waals surface area contributed by atoms with Gasteiger partial charge in [0, 0.05) is 18.3 Å². The third-order valence-electron chi connectivity index (χ3n) is 0. The summed E-state index contributed by atoms with van der Waals surface area (Å²) in [4.78, 5) is 34.1. The molecule has 0 atom stereocenters. The first kappa shape index (κ1) is 42.8. The van der Waals surface area contributed by atoms with Gasteiger partial charge in [0.05, 0.1) is 0 Å². The quantitative estimate of drug-likeness (QED) is 0.269. The molecule has 0 rings (SSSR count). The van der Waals surface area contributed by atoms with E-state index in [0.717, 1.165) is 0 Å². The van der Waals surface area contributed by atoms with Gasteiger partial charge < -0.3 is 28.1 Å². The molecular weight excluding hydrogens is 533 g/mol. The Labute approximate surface area is 224 Å². The summed E-state index contributed by atoms with van der Waals surface area (Å²) in [6, 6.07) is 0. The molecule has 0 heterocycles. The molecule has 0 amide bonds.